The molecule has 0 atom stereocenters. The third-order valence-electron chi connectivity index (χ3n) is 5.79. The second-order valence-electron chi connectivity index (χ2n) is 8.03. The van der Waals surface area contributed by atoms with Crippen molar-refractivity contribution in [3.05, 3.63) is 54.7 Å². The summed E-state index contributed by atoms with van der Waals surface area (Å²) < 4.78 is 34.7. The van der Waals surface area contributed by atoms with Crippen LogP contribution in [-0.2, 0) is 18.0 Å². The van der Waals surface area contributed by atoms with Gasteiger partial charge in [0, 0.05) is 36.3 Å². The minimum atomic E-state index is -4.81. The zero-order valence-electron chi connectivity index (χ0n) is 18.2. The summed E-state index contributed by atoms with van der Waals surface area (Å²) in [6.45, 7) is 4.00. The van der Waals surface area contributed by atoms with Crippen molar-refractivity contribution in [1.82, 2.24) is 4.57 Å². The maximum atomic E-state index is 11.3. The zero-order valence-corrected chi connectivity index (χ0v) is 19.1. The van der Waals surface area contributed by atoms with Crippen LogP contribution in [0, 0.1) is 5.41 Å². The molecule has 1 aliphatic rings. The number of methoxy groups -OCH3 is 2. The van der Waals surface area contributed by atoms with E-state index in [1.165, 1.54) is 31.9 Å². The highest BCUT2D eigenvalue weighted by Crippen LogP contribution is 2.51. The number of allylic oxidation sites excluding steroid dienone is 1. The van der Waals surface area contributed by atoms with Crippen LogP contribution in [0.3, 0.4) is 0 Å². The number of hydrogen-bond donors (Lipinski definition) is 2. The molecular formula is C23H26NO7P. The first-order valence-electron chi connectivity index (χ1n) is 10.1. The van der Waals surface area contributed by atoms with E-state index >= 15 is 0 Å². The van der Waals surface area contributed by atoms with Crippen molar-refractivity contribution >= 4 is 18.7 Å². The molecule has 32 heavy (non-hydrogen) atoms. The Bertz CT molecular complexity index is 1200. The zero-order chi connectivity index (χ0) is 23.1. The van der Waals surface area contributed by atoms with Crippen molar-refractivity contribution in [2.75, 3.05) is 14.2 Å². The van der Waals surface area contributed by atoms with Gasteiger partial charge >= 0.3 is 7.82 Å². The standard InChI is InChI=1S/C23H26NO7P/c1-5-23(8-9-23)13-15-14-24(2)19-7-6-16(10-18(15)19)30-17-11-20(28-3)22(21(12-17)29-4)31-32(25,26)27/h5-7,10-12,14H,1,8-9,13H2,2-4H3,(H2,25,26,27). The number of benzene rings is 2. The van der Waals surface area contributed by atoms with Crippen molar-refractivity contribution in [3.8, 4) is 28.7 Å². The molecule has 0 unspecified atom stereocenters. The Morgan fingerprint density at radius 2 is 1.78 bits per heavy atom. The molecule has 0 amide bonds. The monoisotopic (exact) mass is 459 g/mol. The molecule has 170 valence electrons. The normalized spacial score (nSPS) is 14.8. The van der Waals surface area contributed by atoms with E-state index in [1.807, 2.05) is 25.2 Å². The molecule has 1 aromatic heterocycles. The molecule has 0 spiro atoms. The molecule has 0 radical (unpaired) electrons. The lowest BCUT2D eigenvalue weighted by Gasteiger charge is -2.16. The van der Waals surface area contributed by atoms with Gasteiger partial charge in [0.25, 0.3) is 0 Å². The van der Waals surface area contributed by atoms with Crippen molar-refractivity contribution in [2.45, 2.75) is 19.3 Å². The third kappa shape index (κ3) is 4.48. The minimum absolute atomic E-state index is 0.0748. The van der Waals surface area contributed by atoms with E-state index in [2.05, 4.69) is 23.4 Å². The van der Waals surface area contributed by atoms with Crippen LogP contribution in [0.2, 0.25) is 0 Å². The first kappa shape index (κ1) is 22.3. The SMILES string of the molecule is C=CC1(Cc2cn(C)c3ccc(Oc4cc(OC)c(OP(=O)(O)O)c(OC)c4)cc23)CC1. The number of hydrogen-bond acceptors (Lipinski definition) is 5. The Morgan fingerprint density at radius 3 is 2.31 bits per heavy atom. The summed E-state index contributed by atoms with van der Waals surface area (Å²) in [5, 5.41) is 1.11. The maximum absolute atomic E-state index is 11.3. The van der Waals surface area contributed by atoms with E-state index in [-0.39, 0.29) is 22.7 Å². The molecule has 1 heterocycles. The molecule has 0 aliphatic heterocycles. The predicted octanol–water partition coefficient (Wildman–Crippen LogP) is 4.97. The summed E-state index contributed by atoms with van der Waals surface area (Å²) in [5.74, 6) is 0.937. The fraction of sp³-hybridized carbons (Fsp3) is 0.304. The second kappa shape index (κ2) is 8.20. The van der Waals surface area contributed by atoms with Gasteiger partial charge in [-0.15, -0.1) is 6.58 Å². The lowest BCUT2D eigenvalue weighted by Crippen LogP contribution is -2.00. The van der Waals surface area contributed by atoms with E-state index < -0.39 is 7.82 Å². The molecule has 2 N–H and O–H groups in total. The maximum Gasteiger partial charge on any atom is 0.525 e. The first-order chi connectivity index (χ1) is 15.2. The smallest absolute Gasteiger partial charge is 0.493 e. The fourth-order valence-corrected chi connectivity index (χ4v) is 4.33. The molecular weight excluding hydrogens is 433 g/mol. The van der Waals surface area contributed by atoms with Gasteiger partial charge in [-0.3, -0.25) is 9.79 Å². The van der Waals surface area contributed by atoms with Crippen molar-refractivity contribution in [1.29, 1.82) is 0 Å². The van der Waals surface area contributed by atoms with E-state index in [1.54, 1.807) is 0 Å². The molecule has 4 rings (SSSR count). The Hall–Kier alpha value is -2.93. The van der Waals surface area contributed by atoms with Crippen LogP contribution in [0.4, 0.5) is 0 Å². The quantitative estimate of drug-likeness (QED) is 0.344. The topological polar surface area (TPSA) is 99.4 Å². The molecule has 1 aliphatic carbocycles. The number of aromatic nitrogens is 1. The summed E-state index contributed by atoms with van der Waals surface area (Å²) in [6, 6.07) is 8.83. The van der Waals surface area contributed by atoms with Crippen molar-refractivity contribution in [2.24, 2.45) is 12.5 Å². The number of phosphoric acid groups is 1. The van der Waals surface area contributed by atoms with Gasteiger partial charge in [-0.05, 0) is 48.4 Å². The molecule has 3 aromatic rings. The highest BCUT2D eigenvalue weighted by atomic mass is 31.2. The van der Waals surface area contributed by atoms with Crippen LogP contribution in [0.15, 0.2) is 49.2 Å². The van der Waals surface area contributed by atoms with E-state index in [4.69, 9.17) is 18.7 Å². The van der Waals surface area contributed by atoms with Crippen LogP contribution >= 0.6 is 7.82 Å². The van der Waals surface area contributed by atoms with Gasteiger partial charge in [-0.25, -0.2) is 4.57 Å². The summed E-state index contributed by atoms with van der Waals surface area (Å²) in [4.78, 5) is 18.4. The molecule has 1 saturated carbocycles. The number of fused-ring (bicyclic) bond motifs is 1. The van der Waals surface area contributed by atoms with Crippen LogP contribution in [0.25, 0.3) is 10.9 Å². The van der Waals surface area contributed by atoms with Gasteiger partial charge < -0.3 is 23.3 Å². The van der Waals surface area contributed by atoms with Gasteiger partial charge in [-0.2, -0.15) is 0 Å². The fourth-order valence-electron chi connectivity index (χ4n) is 3.91. The number of aryl methyl sites for hydroxylation is 1. The first-order valence-corrected chi connectivity index (χ1v) is 11.6. The molecule has 9 heteroatoms. The van der Waals surface area contributed by atoms with E-state index in [0.29, 0.717) is 11.5 Å². The van der Waals surface area contributed by atoms with Crippen molar-refractivity contribution in [3.63, 3.8) is 0 Å². The van der Waals surface area contributed by atoms with Gasteiger partial charge in [-0.1, -0.05) is 6.08 Å². The Labute approximate surface area is 186 Å². The highest BCUT2D eigenvalue weighted by molar-refractivity contribution is 7.46. The van der Waals surface area contributed by atoms with Crippen LogP contribution in [0.5, 0.6) is 28.7 Å². The van der Waals surface area contributed by atoms with Gasteiger partial charge in [0.1, 0.15) is 11.5 Å². The van der Waals surface area contributed by atoms with Crippen LogP contribution in [-0.4, -0.2) is 28.6 Å². The van der Waals surface area contributed by atoms with E-state index in [0.717, 1.165) is 30.2 Å². The number of rotatable bonds is 9. The number of nitrogens with zero attached hydrogens (tertiary/aromatic N) is 1. The summed E-state index contributed by atoms with van der Waals surface area (Å²) >= 11 is 0. The average Bonchev–Trinajstić information content (AvgIpc) is 3.46. The lowest BCUT2D eigenvalue weighted by molar-refractivity contribution is 0.268. The van der Waals surface area contributed by atoms with Gasteiger partial charge in [0.15, 0.2) is 11.5 Å². The molecule has 8 nitrogen and oxygen atoms in total. The van der Waals surface area contributed by atoms with Crippen LogP contribution in [0.1, 0.15) is 18.4 Å². The van der Waals surface area contributed by atoms with Gasteiger partial charge in [0.2, 0.25) is 5.75 Å². The van der Waals surface area contributed by atoms with Gasteiger partial charge in [0.05, 0.1) is 14.2 Å². The van der Waals surface area contributed by atoms with Crippen molar-refractivity contribution < 1.29 is 33.1 Å². The predicted molar refractivity (Wildman–Crippen MR) is 121 cm³/mol. The summed E-state index contributed by atoms with van der Waals surface area (Å²) in [6.07, 6.45) is 7.47. The summed E-state index contributed by atoms with van der Waals surface area (Å²) in [7, 11) is -0.0586. The Morgan fingerprint density at radius 1 is 1.12 bits per heavy atom. The second-order valence-corrected chi connectivity index (χ2v) is 9.19. The largest absolute Gasteiger partial charge is 0.525 e. The third-order valence-corrected chi connectivity index (χ3v) is 6.21. The minimum Gasteiger partial charge on any atom is -0.493 e. The Kier molecular flexibility index (Phi) is 5.71. The molecule has 0 bridgehead atoms. The molecule has 1 fully saturated rings. The molecule has 2 aromatic carbocycles. The number of ether oxygens (including phenoxy) is 3. The summed E-state index contributed by atoms with van der Waals surface area (Å²) in [5.41, 5.74) is 2.54. The average molecular weight is 459 g/mol. The number of phosphoric ester groups is 1. The lowest BCUT2D eigenvalue weighted by atomic mass is 9.96. The Balaban J connectivity index is 1.68. The van der Waals surface area contributed by atoms with E-state index in [9.17, 15) is 14.4 Å². The van der Waals surface area contributed by atoms with Crippen LogP contribution < -0.4 is 18.7 Å². The molecule has 0 saturated heterocycles. The highest BCUT2D eigenvalue weighted by Gasteiger charge is 2.39.